The third-order valence-electron chi connectivity index (χ3n) is 4.50. The first kappa shape index (κ1) is 20.1. The average Bonchev–Trinajstić information content (AvgIpc) is 3.40. The number of pyridine rings is 1. The van der Waals surface area contributed by atoms with Gasteiger partial charge in [0, 0.05) is 19.3 Å². The van der Waals surface area contributed by atoms with Crippen LogP contribution in [0.1, 0.15) is 55.7 Å². The van der Waals surface area contributed by atoms with Gasteiger partial charge in [0.1, 0.15) is 0 Å². The topological polar surface area (TPSA) is 71.0 Å². The van der Waals surface area contributed by atoms with E-state index in [9.17, 15) is 9.18 Å². The van der Waals surface area contributed by atoms with Crippen LogP contribution >= 0.6 is 11.3 Å². The lowest BCUT2D eigenvalue weighted by atomic mass is 10.1. The zero-order chi connectivity index (χ0) is 20.1. The summed E-state index contributed by atoms with van der Waals surface area (Å²) in [6.07, 6.45) is 3.48. The van der Waals surface area contributed by atoms with Gasteiger partial charge in [-0.3, -0.25) is 4.79 Å². The highest BCUT2D eigenvalue weighted by Crippen LogP contribution is 2.27. The number of aromatic nitrogens is 3. The van der Waals surface area contributed by atoms with Gasteiger partial charge in [-0.05, 0) is 48.9 Å². The molecular formula is C20H24FN5OS. The fraction of sp³-hybridized carbons (Fsp3) is 0.400. The largest absolute Gasteiger partial charge is 0.348 e. The van der Waals surface area contributed by atoms with E-state index in [1.807, 2.05) is 37.1 Å². The average molecular weight is 402 g/mol. The Morgan fingerprint density at radius 1 is 1.25 bits per heavy atom. The number of halogens is 1. The van der Waals surface area contributed by atoms with Gasteiger partial charge in [0.15, 0.2) is 5.69 Å². The molecule has 148 valence electrons. The molecule has 8 heteroatoms. The normalized spacial score (nSPS) is 14.5. The predicted octanol–water partition coefficient (Wildman–Crippen LogP) is 4.66. The molecule has 0 radical (unpaired) electrons. The number of carbonyl (C=O) groups is 1. The first-order valence-electron chi connectivity index (χ1n) is 9.54. The monoisotopic (exact) mass is 401 g/mol. The Morgan fingerprint density at radius 2 is 2.00 bits per heavy atom. The molecule has 0 aliphatic carbocycles. The molecule has 28 heavy (non-hydrogen) atoms. The molecule has 1 amide bonds. The van der Waals surface area contributed by atoms with Crippen molar-refractivity contribution in [2.75, 3.05) is 18.4 Å². The predicted molar refractivity (Wildman–Crippen MR) is 110 cm³/mol. The first-order chi connectivity index (χ1) is 13.6. The van der Waals surface area contributed by atoms with Crippen LogP contribution in [0, 0.1) is 5.95 Å². The van der Waals surface area contributed by atoms with Crippen LogP contribution in [0.5, 0.6) is 0 Å². The Bertz CT molecular complexity index is 955. The summed E-state index contributed by atoms with van der Waals surface area (Å²) in [7, 11) is 0. The summed E-state index contributed by atoms with van der Waals surface area (Å²) in [5.41, 5.74) is 1.91. The van der Waals surface area contributed by atoms with Crippen molar-refractivity contribution in [1.82, 2.24) is 19.9 Å². The van der Waals surface area contributed by atoms with Crippen molar-refractivity contribution in [2.45, 2.75) is 39.7 Å². The van der Waals surface area contributed by atoms with Crippen LogP contribution in [0.4, 0.5) is 10.3 Å². The molecule has 1 fully saturated rings. The molecule has 1 unspecified atom stereocenters. The van der Waals surface area contributed by atoms with Gasteiger partial charge in [0.2, 0.25) is 11.9 Å². The van der Waals surface area contributed by atoms with E-state index >= 15 is 0 Å². The van der Waals surface area contributed by atoms with Crippen molar-refractivity contribution in [1.29, 1.82) is 0 Å². The van der Waals surface area contributed by atoms with Gasteiger partial charge in [0.25, 0.3) is 5.91 Å². The van der Waals surface area contributed by atoms with Crippen LogP contribution in [0.3, 0.4) is 0 Å². The number of amides is 1. The molecule has 0 saturated carbocycles. The Labute approximate surface area is 167 Å². The molecule has 4 rings (SSSR count). The van der Waals surface area contributed by atoms with Crippen LogP contribution in [0.2, 0.25) is 0 Å². The maximum Gasteiger partial charge on any atom is 0.274 e. The maximum atomic E-state index is 13.4. The minimum absolute atomic E-state index is 0.0528. The first-order valence-corrected chi connectivity index (χ1v) is 10.4. The van der Waals surface area contributed by atoms with Gasteiger partial charge in [-0.1, -0.05) is 13.8 Å². The maximum absolute atomic E-state index is 13.4. The van der Waals surface area contributed by atoms with Crippen molar-refractivity contribution in [3.8, 4) is 0 Å². The van der Waals surface area contributed by atoms with E-state index in [0.717, 1.165) is 41.7 Å². The standard InChI is InChI=1S/C18H18FN5OS.C2H6/c1-11(12-4-6-20-14(19)10-12)21-18-22-13-5-9-26-16(13)15(23-18)17(25)24-7-2-3-8-24;1-2/h4-6,9-11H,2-3,7-8H2,1H3,(H,21,22,23);1-2H3. The van der Waals surface area contributed by atoms with Crippen molar-refractivity contribution in [3.63, 3.8) is 0 Å². The summed E-state index contributed by atoms with van der Waals surface area (Å²) in [4.78, 5) is 27.3. The van der Waals surface area contributed by atoms with Gasteiger partial charge in [-0.15, -0.1) is 11.3 Å². The summed E-state index contributed by atoms with van der Waals surface area (Å²) in [6.45, 7) is 7.42. The fourth-order valence-corrected chi connectivity index (χ4v) is 3.92. The molecule has 6 nitrogen and oxygen atoms in total. The molecule has 0 bridgehead atoms. The van der Waals surface area contributed by atoms with Crippen LogP contribution in [0.15, 0.2) is 29.8 Å². The summed E-state index contributed by atoms with van der Waals surface area (Å²) < 4.78 is 14.2. The van der Waals surface area contributed by atoms with Crippen molar-refractivity contribution < 1.29 is 9.18 Å². The number of nitrogens with one attached hydrogen (secondary N) is 1. The van der Waals surface area contributed by atoms with Crippen LogP contribution in [-0.2, 0) is 0 Å². The summed E-state index contributed by atoms with van der Waals surface area (Å²) in [5.74, 6) is -0.221. The Kier molecular flexibility index (Phi) is 6.51. The van der Waals surface area contributed by atoms with E-state index in [2.05, 4.69) is 20.3 Å². The molecule has 1 N–H and O–H groups in total. The molecule has 1 saturated heterocycles. The third-order valence-corrected chi connectivity index (χ3v) is 5.41. The van der Waals surface area contributed by atoms with Crippen molar-refractivity contribution in [3.05, 3.63) is 47.0 Å². The summed E-state index contributed by atoms with van der Waals surface area (Å²) in [6, 6.07) is 4.76. The lowest BCUT2D eigenvalue weighted by molar-refractivity contribution is 0.0789. The highest BCUT2D eigenvalue weighted by atomic mass is 32.1. The molecule has 1 aliphatic rings. The number of hydrogen-bond acceptors (Lipinski definition) is 6. The number of fused-ring (bicyclic) bond motifs is 1. The van der Waals surface area contributed by atoms with Crippen molar-refractivity contribution >= 4 is 33.4 Å². The zero-order valence-corrected chi connectivity index (χ0v) is 17.1. The number of anilines is 1. The quantitative estimate of drug-likeness (QED) is 0.644. The number of carbonyl (C=O) groups excluding carboxylic acids is 1. The SMILES string of the molecule is CC.CC(Nc1nc(C(=O)N2CCCC2)c2sccc2n1)c1ccnc(F)c1. The molecule has 3 aromatic heterocycles. The molecule has 4 heterocycles. The third kappa shape index (κ3) is 4.27. The van der Waals surface area contributed by atoms with Crippen LogP contribution in [0.25, 0.3) is 10.2 Å². The van der Waals surface area contributed by atoms with Crippen molar-refractivity contribution in [2.24, 2.45) is 0 Å². The lowest BCUT2D eigenvalue weighted by Gasteiger charge is -2.17. The summed E-state index contributed by atoms with van der Waals surface area (Å²) in [5, 5.41) is 5.08. The van der Waals surface area contributed by atoms with Gasteiger partial charge >= 0.3 is 0 Å². The Hall–Kier alpha value is -2.61. The van der Waals surface area contributed by atoms with Gasteiger partial charge < -0.3 is 10.2 Å². The Balaban J connectivity index is 0.00000109. The molecule has 1 aliphatic heterocycles. The molecule has 0 spiro atoms. The van der Waals surface area contributed by atoms with E-state index in [0.29, 0.717) is 11.6 Å². The van der Waals surface area contributed by atoms with Gasteiger partial charge in [-0.25, -0.2) is 15.0 Å². The highest BCUT2D eigenvalue weighted by Gasteiger charge is 2.24. The van der Waals surface area contributed by atoms with Crippen LogP contribution < -0.4 is 5.32 Å². The fourth-order valence-electron chi connectivity index (χ4n) is 3.11. The zero-order valence-electron chi connectivity index (χ0n) is 16.3. The second-order valence-electron chi connectivity index (χ2n) is 6.31. The van der Waals surface area contributed by atoms with Gasteiger partial charge in [-0.2, -0.15) is 4.39 Å². The molecule has 1 atom stereocenters. The number of hydrogen-bond donors (Lipinski definition) is 1. The highest BCUT2D eigenvalue weighted by molar-refractivity contribution is 7.17. The smallest absolute Gasteiger partial charge is 0.274 e. The molecular weight excluding hydrogens is 377 g/mol. The van der Waals surface area contributed by atoms with Gasteiger partial charge in [0.05, 0.1) is 16.3 Å². The summed E-state index contributed by atoms with van der Waals surface area (Å²) >= 11 is 1.47. The van der Waals surface area contributed by atoms with E-state index in [4.69, 9.17) is 0 Å². The van der Waals surface area contributed by atoms with E-state index < -0.39 is 5.95 Å². The number of likely N-dealkylation sites (tertiary alicyclic amines) is 1. The molecule has 0 aromatic carbocycles. The van der Waals surface area contributed by atoms with E-state index in [1.54, 1.807) is 6.07 Å². The second-order valence-corrected chi connectivity index (χ2v) is 7.22. The minimum Gasteiger partial charge on any atom is -0.348 e. The Morgan fingerprint density at radius 3 is 2.71 bits per heavy atom. The minimum atomic E-state index is -0.532. The van der Waals surface area contributed by atoms with E-state index in [-0.39, 0.29) is 11.9 Å². The van der Waals surface area contributed by atoms with E-state index in [1.165, 1.54) is 23.6 Å². The lowest BCUT2D eigenvalue weighted by Crippen LogP contribution is -2.28. The number of thiophene rings is 1. The number of nitrogens with zero attached hydrogens (tertiary/aromatic N) is 4. The number of rotatable bonds is 4. The second kappa shape index (κ2) is 9.05. The molecule has 3 aromatic rings. The van der Waals surface area contributed by atoms with Crippen LogP contribution in [-0.4, -0.2) is 38.8 Å².